The number of hydrogen-bond acceptors (Lipinski definition) is 3. The van der Waals surface area contributed by atoms with Gasteiger partial charge in [-0.05, 0) is 31.0 Å². The van der Waals surface area contributed by atoms with E-state index in [-0.39, 0.29) is 24.3 Å². The molecule has 1 aromatic carbocycles. The fraction of sp³-hybridized carbons (Fsp3) is 0.556. The quantitative estimate of drug-likeness (QED) is 0.853. The Kier molecular flexibility index (Phi) is 5.64. The molecule has 1 saturated heterocycles. The van der Waals surface area contributed by atoms with Crippen LogP contribution in [0.3, 0.4) is 0 Å². The summed E-state index contributed by atoms with van der Waals surface area (Å²) in [6.45, 7) is 10.2. The minimum Gasteiger partial charge on any atom is -0.483 e. The molecule has 2 rings (SSSR count). The summed E-state index contributed by atoms with van der Waals surface area (Å²) in [6.07, 6.45) is 0. The number of aryl methyl sites for hydroxylation is 1. The van der Waals surface area contributed by atoms with E-state index in [1.54, 1.807) is 4.90 Å². The van der Waals surface area contributed by atoms with Crippen LogP contribution in [0.4, 0.5) is 0 Å². The monoisotopic (exact) mass is 318 g/mol. The van der Waals surface area contributed by atoms with Crippen molar-refractivity contribution < 1.29 is 14.3 Å². The van der Waals surface area contributed by atoms with Gasteiger partial charge >= 0.3 is 0 Å². The summed E-state index contributed by atoms with van der Waals surface area (Å²) in [5.41, 5.74) is 2.21. The first-order chi connectivity index (χ1) is 10.9. The molecule has 0 aromatic heterocycles. The van der Waals surface area contributed by atoms with Crippen molar-refractivity contribution in [1.29, 1.82) is 0 Å². The van der Waals surface area contributed by atoms with E-state index in [1.807, 2.05) is 50.8 Å². The number of hydrogen-bond donors (Lipinski definition) is 0. The fourth-order valence-electron chi connectivity index (χ4n) is 2.65. The van der Waals surface area contributed by atoms with Crippen molar-refractivity contribution in [3.05, 3.63) is 29.3 Å². The Morgan fingerprint density at radius 2 is 1.70 bits per heavy atom. The predicted octanol–water partition coefficient (Wildman–Crippen LogP) is 2.01. The summed E-state index contributed by atoms with van der Waals surface area (Å²) in [7, 11) is 0. The van der Waals surface area contributed by atoms with Gasteiger partial charge in [-0.15, -0.1) is 0 Å². The normalized spacial score (nSPS) is 15.0. The average Bonchev–Trinajstić information content (AvgIpc) is 2.55. The molecule has 0 atom stereocenters. The molecule has 126 valence electrons. The van der Waals surface area contributed by atoms with Crippen LogP contribution in [0, 0.1) is 19.8 Å². The molecule has 0 N–H and O–H groups in total. The summed E-state index contributed by atoms with van der Waals surface area (Å²) in [4.78, 5) is 27.8. The van der Waals surface area contributed by atoms with Gasteiger partial charge in [0.05, 0.1) is 0 Å². The zero-order chi connectivity index (χ0) is 17.0. The third kappa shape index (κ3) is 4.24. The Balaban J connectivity index is 1.84. The Bertz CT molecular complexity index is 576. The number of rotatable bonds is 4. The van der Waals surface area contributed by atoms with Gasteiger partial charge < -0.3 is 14.5 Å². The molecule has 1 aliphatic rings. The molecule has 0 aliphatic carbocycles. The van der Waals surface area contributed by atoms with Crippen molar-refractivity contribution in [2.45, 2.75) is 27.7 Å². The van der Waals surface area contributed by atoms with Crippen molar-refractivity contribution in [2.24, 2.45) is 5.92 Å². The van der Waals surface area contributed by atoms with E-state index < -0.39 is 0 Å². The molecule has 1 aromatic rings. The van der Waals surface area contributed by atoms with Crippen LogP contribution in [0.15, 0.2) is 18.2 Å². The first kappa shape index (κ1) is 17.3. The molecule has 0 spiro atoms. The molecular weight excluding hydrogens is 292 g/mol. The Morgan fingerprint density at radius 1 is 1.09 bits per heavy atom. The molecule has 1 fully saturated rings. The number of nitrogens with zero attached hydrogens (tertiary/aromatic N) is 2. The molecule has 0 saturated carbocycles. The highest BCUT2D eigenvalue weighted by Gasteiger charge is 2.25. The van der Waals surface area contributed by atoms with Gasteiger partial charge in [0.1, 0.15) is 5.75 Å². The second-order valence-electron chi connectivity index (χ2n) is 6.35. The zero-order valence-electron chi connectivity index (χ0n) is 14.5. The molecule has 0 unspecified atom stereocenters. The number of carbonyl (C=O) groups excluding carboxylic acids is 2. The molecule has 5 heteroatoms. The second kappa shape index (κ2) is 7.49. The van der Waals surface area contributed by atoms with Crippen LogP contribution in [0.1, 0.15) is 25.0 Å². The van der Waals surface area contributed by atoms with Gasteiger partial charge in [-0.3, -0.25) is 9.59 Å². The van der Waals surface area contributed by atoms with Crippen LogP contribution in [0.25, 0.3) is 0 Å². The number of benzene rings is 1. The Labute approximate surface area is 138 Å². The van der Waals surface area contributed by atoms with E-state index in [0.717, 1.165) is 16.9 Å². The third-order valence-corrected chi connectivity index (χ3v) is 4.34. The molecule has 0 radical (unpaired) electrons. The maximum absolute atomic E-state index is 12.3. The van der Waals surface area contributed by atoms with Crippen molar-refractivity contribution in [3.8, 4) is 5.75 Å². The lowest BCUT2D eigenvalue weighted by atomic mass is 10.1. The molecule has 2 amide bonds. The van der Waals surface area contributed by atoms with Crippen molar-refractivity contribution in [2.75, 3.05) is 32.8 Å². The van der Waals surface area contributed by atoms with Gasteiger partial charge in [0, 0.05) is 32.1 Å². The summed E-state index contributed by atoms with van der Waals surface area (Å²) in [5, 5.41) is 0. The number of piperazine rings is 1. The Morgan fingerprint density at radius 3 is 2.30 bits per heavy atom. The first-order valence-electron chi connectivity index (χ1n) is 8.15. The highest BCUT2D eigenvalue weighted by molar-refractivity contribution is 5.80. The van der Waals surface area contributed by atoms with Crippen LogP contribution in [0.2, 0.25) is 0 Å². The topological polar surface area (TPSA) is 49.9 Å². The second-order valence-corrected chi connectivity index (χ2v) is 6.35. The predicted molar refractivity (Wildman–Crippen MR) is 89.4 cm³/mol. The lowest BCUT2D eigenvalue weighted by molar-refractivity contribution is -0.142. The maximum Gasteiger partial charge on any atom is 0.260 e. The van der Waals surface area contributed by atoms with Crippen LogP contribution < -0.4 is 4.74 Å². The smallest absolute Gasteiger partial charge is 0.260 e. The van der Waals surface area contributed by atoms with Crippen molar-refractivity contribution in [3.63, 3.8) is 0 Å². The summed E-state index contributed by atoms with van der Waals surface area (Å²) >= 11 is 0. The summed E-state index contributed by atoms with van der Waals surface area (Å²) in [6, 6.07) is 5.84. The minimum atomic E-state index is -0.0254. The van der Waals surface area contributed by atoms with E-state index in [9.17, 15) is 9.59 Å². The van der Waals surface area contributed by atoms with E-state index >= 15 is 0 Å². The van der Waals surface area contributed by atoms with Crippen molar-refractivity contribution in [1.82, 2.24) is 9.80 Å². The van der Waals surface area contributed by atoms with Gasteiger partial charge in [-0.25, -0.2) is 0 Å². The third-order valence-electron chi connectivity index (χ3n) is 4.34. The Hall–Kier alpha value is -2.04. The molecule has 0 bridgehead atoms. The highest BCUT2D eigenvalue weighted by atomic mass is 16.5. The standard InChI is InChI=1S/C18H26N2O3/c1-13(2)18(22)20-10-8-19(9-11-20)17(21)12-23-16-7-5-6-14(3)15(16)4/h5-7,13H,8-12H2,1-4H3. The number of ether oxygens (including phenoxy) is 1. The van der Waals surface area contributed by atoms with Crippen LogP contribution >= 0.6 is 0 Å². The molecule has 5 nitrogen and oxygen atoms in total. The minimum absolute atomic E-state index is 0.00452. The molecule has 23 heavy (non-hydrogen) atoms. The van der Waals surface area contributed by atoms with E-state index in [0.29, 0.717) is 26.2 Å². The lowest BCUT2D eigenvalue weighted by Gasteiger charge is -2.35. The zero-order valence-corrected chi connectivity index (χ0v) is 14.5. The average molecular weight is 318 g/mol. The largest absolute Gasteiger partial charge is 0.483 e. The number of amides is 2. The van der Waals surface area contributed by atoms with E-state index in [1.165, 1.54) is 0 Å². The number of carbonyl (C=O) groups is 2. The molecular formula is C18H26N2O3. The van der Waals surface area contributed by atoms with Crippen LogP contribution in [-0.4, -0.2) is 54.4 Å². The fourth-order valence-corrected chi connectivity index (χ4v) is 2.65. The molecule has 1 heterocycles. The maximum atomic E-state index is 12.3. The van der Waals surface area contributed by atoms with Gasteiger partial charge in [0.25, 0.3) is 5.91 Å². The van der Waals surface area contributed by atoms with E-state index in [2.05, 4.69) is 0 Å². The van der Waals surface area contributed by atoms with E-state index in [4.69, 9.17) is 4.74 Å². The molecule has 1 aliphatic heterocycles. The summed E-state index contributed by atoms with van der Waals surface area (Å²) in [5.74, 6) is 0.892. The van der Waals surface area contributed by atoms with Gasteiger partial charge in [-0.1, -0.05) is 26.0 Å². The van der Waals surface area contributed by atoms with Crippen molar-refractivity contribution >= 4 is 11.8 Å². The van der Waals surface area contributed by atoms with Crippen LogP contribution in [0.5, 0.6) is 5.75 Å². The first-order valence-corrected chi connectivity index (χ1v) is 8.15. The highest BCUT2D eigenvalue weighted by Crippen LogP contribution is 2.20. The van der Waals surface area contributed by atoms with Gasteiger partial charge in [0.15, 0.2) is 6.61 Å². The summed E-state index contributed by atoms with van der Waals surface area (Å²) < 4.78 is 5.67. The lowest BCUT2D eigenvalue weighted by Crippen LogP contribution is -2.52. The SMILES string of the molecule is Cc1cccc(OCC(=O)N2CCN(C(=O)C(C)C)CC2)c1C. The van der Waals surface area contributed by atoms with Crippen LogP contribution in [-0.2, 0) is 9.59 Å². The van der Waals surface area contributed by atoms with Gasteiger partial charge in [0.2, 0.25) is 5.91 Å². The van der Waals surface area contributed by atoms with Gasteiger partial charge in [-0.2, -0.15) is 0 Å².